The molecule has 3 nitrogen and oxygen atoms in total. The minimum atomic E-state index is 0.124. The van der Waals surface area contributed by atoms with Gasteiger partial charge in [-0.05, 0) is 24.9 Å². The molecule has 1 rings (SSSR count). The molecule has 1 amide bonds. The van der Waals surface area contributed by atoms with Gasteiger partial charge in [-0.15, -0.1) is 0 Å². The molecule has 0 aliphatic carbocycles. The number of carbonyl (C=O) groups is 1. The molecule has 114 valence electrons. The van der Waals surface area contributed by atoms with Gasteiger partial charge in [-0.2, -0.15) is 0 Å². The van der Waals surface area contributed by atoms with Crippen LogP contribution in [0.4, 0.5) is 0 Å². The van der Waals surface area contributed by atoms with Crippen LogP contribution < -0.4 is 10.6 Å². The van der Waals surface area contributed by atoms with Gasteiger partial charge in [0.2, 0.25) is 5.91 Å². The van der Waals surface area contributed by atoms with E-state index >= 15 is 0 Å². The van der Waals surface area contributed by atoms with Crippen molar-refractivity contribution in [2.24, 2.45) is 5.92 Å². The van der Waals surface area contributed by atoms with Gasteiger partial charge in [0, 0.05) is 19.0 Å². The number of hydrogen-bond acceptors (Lipinski definition) is 2. The number of likely N-dealkylation sites (N-methyl/N-ethyl adjacent to an activating group) is 1. The Kier molecular flexibility index (Phi) is 10.7. The fraction of sp³-hybridized carbons (Fsp3) is 0.588. The van der Waals surface area contributed by atoms with E-state index in [0.29, 0.717) is 12.3 Å². The summed E-state index contributed by atoms with van der Waals surface area (Å²) in [6, 6.07) is 10.4. The van der Waals surface area contributed by atoms with Crippen molar-refractivity contribution in [1.29, 1.82) is 0 Å². The van der Waals surface area contributed by atoms with E-state index in [0.717, 1.165) is 13.0 Å². The van der Waals surface area contributed by atoms with Crippen LogP contribution >= 0.6 is 0 Å². The highest BCUT2D eigenvalue weighted by molar-refractivity contribution is 5.76. The average molecular weight is 278 g/mol. The van der Waals surface area contributed by atoms with Crippen LogP contribution in [0.5, 0.6) is 0 Å². The van der Waals surface area contributed by atoms with Gasteiger partial charge >= 0.3 is 0 Å². The molecule has 2 N–H and O–H groups in total. The van der Waals surface area contributed by atoms with Gasteiger partial charge in [-0.25, -0.2) is 0 Å². The van der Waals surface area contributed by atoms with E-state index in [2.05, 4.69) is 36.6 Å². The summed E-state index contributed by atoms with van der Waals surface area (Å²) in [4.78, 5) is 11.8. The Balaban J connectivity index is 0.00000172. The van der Waals surface area contributed by atoms with Gasteiger partial charge in [0.1, 0.15) is 0 Å². The summed E-state index contributed by atoms with van der Waals surface area (Å²) >= 11 is 0. The normalized spacial score (nSPS) is 11.5. The third-order valence-corrected chi connectivity index (χ3v) is 2.87. The van der Waals surface area contributed by atoms with Crippen LogP contribution in [0.15, 0.2) is 30.3 Å². The fourth-order valence-electron chi connectivity index (χ4n) is 1.79. The van der Waals surface area contributed by atoms with E-state index in [9.17, 15) is 4.79 Å². The average Bonchev–Trinajstić information content (AvgIpc) is 2.47. The Morgan fingerprint density at radius 3 is 2.25 bits per heavy atom. The highest BCUT2D eigenvalue weighted by Gasteiger charge is 2.12. The first-order chi connectivity index (χ1) is 9.61. The molecule has 0 aliphatic heterocycles. The molecule has 0 aromatic heterocycles. The van der Waals surface area contributed by atoms with Gasteiger partial charge in [0.15, 0.2) is 0 Å². The van der Waals surface area contributed by atoms with E-state index < -0.39 is 0 Å². The van der Waals surface area contributed by atoms with Crippen LogP contribution in [-0.4, -0.2) is 25.5 Å². The van der Waals surface area contributed by atoms with Crippen molar-refractivity contribution in [2.45, 2.75) is 46.6 Å². The molecule has 1 aromatic rings. The molecule has 0 saturated carbocycles. The second kappa shape index (κ2) is 11.5. The summed E-state index contributed by atoms with van der Waals surface area (Å²) in [5.41, 5.74) is 1.26. The van der Waals surface area contributed by atoms with E-state index in [-0.39, 0.29) is 11.9 Å². The molecule has 0 aliphatic rings. The zero-order valence-electron chi connectivity index (χ0n) is 13.6. The fourth-order valence-corrected chi connectivity index (χ4v) is 1.79. The third kappa shape index (κ3) is 8.70. The molecule has 0 fully saturated rings. The maximum atomic E-state index is 11.8. The topological polar surface area (TPSA) is 41.1 Å². The quantitative estimate of drug-likeness (QED) is 0.805. The summed E-state index contributed by atoms with van der Waals surface area (Å²) in [6.45, 7) is 8.94. The lowest BCUT2D eigenvalue weighted by atomic mass is 10.0. The molecule has 0 bridgehead atoms. The molecule has 0 spiro atoms. The highest BCUT2D eigenvalue weighted by Crippen LogP contribution is 2.05. The number of benzene rings is 1. The summed E-state index contributed by atoms with van der Waals surface area (Å²) in [7, 11) is 1.91. The molecule has 3 heteroatoms. The van der Waals surface area contributed by atoms with E-state index in [4.69, 9.17) is 0 Å². The molecule has 0 radical (unpaired) electrons. The van der Waals surface area contributed by atoms with Crippen molar-refractivity contribution < 1.29 is 4.79 Å². The molecule has 0 saturated heterocycles. The van der Waals surface area contributed by atoms with E-state index in [1.54, 1.807) is 0 Å². The summed E-state index contributed by atoms with van der Waals surface area (Å²) in [6.07, 6.45) is 1.41. The second-order valence-corrected chi connectivity index (χ2v) is 5.08. The molecule has 1 aromatic carbocycles. The number of carbonyl (C=O) groups excluding carboxylic acids is 1. The summed E-state index contributed by atoms with van der Waals surface area (Å²) in [5.74, 6) is 0.620. The molecule has 1 unspecified atom stereocenters. The van der Waals surface area contributed by atoms with Gasteiger partial charge in [0.25, 0.3) is 0 Å². The third-order valence-electron chi connectivity index (χ3n) is 2.87. The van der Waals surface area contributed by atoms with Gasteiger partial charge in [-0.1, -0.05) is 58.0 Å². The highest BCUT2D eigenvalue weighted by atomic mass is 16.1. The van der Waals surface area contributed by atoms with Gasteiger partial charge in [0.05, 0.1) is 0 Å². The van der Waals surface area contributed by atoms with Crippen molar-refractivity contribution in [3.8, 4) is 0 Å². The maximum Gasteiger partial charge on any atom is 0.221 e. The molecule has 1 atom stereocenters. The molecule has 20 heavy (non-hydrogen) atoms. The largest absolute Gasteiger partial charge is 0.356 e. The van der Waals surface area contributed by atoms with Crippen LogP contribution in [0, 0.1) is 5.92 Å². The standard InChI is InChI=1S/C15H24N2O.C2H6/c1-12(2)11-17-15(18)10-14(16-3)9-13-7-5-4-6-8-13;1-2/h4-8,12,14,16H,9-11H2,1-3H3,(H,17,18);1-2H3. The molecular weight excluding hydrogens is 248 g/mol. The number of nitrogens with one attached hydrogen (secondary N) is 2. The zero-order chi connectivity index (χ0) is 15.4. The first-order valence-corrected chi connectivity index (χ1v) is 7.59. The number of rotatable bonds is 7. The lowest BCUT2D eigenvalue weighted by Gasteiger charge is -2.16. The Morgan fingerprint density at radius 2 is 1.75 bits per heavy atom. The van der Waals surface area contributed by atoms with Crippen molar-refractivity contribution in [3.63, 3.8) is 0 Å². The second-order valence-electron chi connectivity index (χ2n) is 5.08. The molecule has 0 heterocycles. The Bertz CT molecular complexity index is 349. The Morgan fingerprint density at radius 1 is 1.15 bits per heavy atom. The number of amides is 1. The van der Waals surface area contributed by atoms with Gasteiger partial charge in [-0.3, -0.25) is 4.79 Å². The summed E-state index contributed by atoms with van der Waals surface area (Å²) in [5, 5.41) is 6.16. The van der Waals surface area contributed by atoms with Crippen molar-refractivity contribution in [1.82, 2.24) is 10.6 Å². The molecular formula is C17H30N2O. The SMILES string of the molecule is CC.CNC(CC(=O)NCC(C)C)Cc1ccccc1. The van der Waals surface area contributed by atoms with Crippen LogP contribution in [-0.2, 0) is 11.2 Å². The van der Waals surface area contributed by atoms with Crippen molar-refractivity contribution in [3.05, 3.63) is 35.9 Å². The van der Waals surface area contributed by atoms with Crippen LogP contribution in [0.1, 0.15) is 39.7 Å². The first kappa shape index (κ1) is 18.7. The lowest BCUT2D eigenvalue weighted by molar-refractivity contribution is -0.121. The zero-order valence-corrected chi connectivity index (χ0v) is 13.6. The lowest BCUT2D eigenvalue weighted by Crippen LogP contribution is -2.36. The van der Waals surface area contributed by atoms with Crippen LogP contribution in [0.3, 0.4) is 0 Å². The Labute approximate surface area is 124 Å². The van der Waals surface area contributed by atoms with Crippen molar-refractivity contribution in [2.75, 3.05) is 13.6 Å². The van der Waals surface area contributed by atoms with E-state index in [1.807, 2.05) is 39.1 Å². The summed E-state index contributed by atoms with van der Waals surface area (Å²) < 4.78 is 0. The van der Waals surface area contributed by atoms with Crippen molar-refractivity contribution >= 4 is 5.91 Å². The number of hydrogen-bond donors (Lipinski definition) is 2. The van der Waals surface area contributed by atoms with Gasteiger partial charge < -0.3 is 10.6 Å². The predicted molar refractivity (Wildman–Crippen MR) is 86.8 cm³/mol. The minimum Gasteiger partial charge on any atom is -0.356 e. The monoisotopic (exact) mass is 278 g/mol. The van der Waals surface area contributed by atoms with E-state index in [1.165, 1.54) is 5.56 Å². The van der Waals surface area contributed by atoms with Crippen LogP contribution in [0.2, 0.25) is 0 Å². The first-order valence-electron chi connectivity index (χ1n) is 7.59. The Hall–Kier alpha value is -1.35. The van der Waals surface area contributed by atoms with Crippen LogP contribution in [0.25, 0.3) is 0 Å². The minimum absolute atomic E-state index is 0.124. The smallest absolute Gasteiger partial charge is 0.221 e. The predicted octanol–water partition coefficient (Wildman–Crippen LogP) is 3.01. The maximum absolute atomic E-state index is 11.8.